The zero-order valence-corrected chi connectivity index (χ0v) is 19.5. The fraction of sp³-hybridized carbons (Fsp3) is 0.375. The van der Waals surface area contributed by atoms with Crippen LogP contribution < -0.4 is 10.3 Å². The zero-order valence-electron chi connectivity index (χ0n) is 17.9. The van der Waals surface area contributed by atoms with E-state index in [1.165, 1.54) is 22.2 Å². The summed E-state index contributed by atoms with van der Waals surface area (Å²) in [5.74, 6) is 0.957. The van der Waals surface area contributed by atoms with Gasteiger partial charge in [-0.25, -0.2) is 4.98 Å². The van der Waals surface area contributed by atoms with Crippen molar-refractivity contribution < 1.29 is 9.53 Å². The van der Waals surface area contributed by atoms with Gasteiger partial charge in [-0.1, -0.05) is 23.9 Å². The molecule has 0 atom stereocenters. The molecule has 4 rings (SSSR count). The number of hydrogen-bond acceptors (Lipinski definition) is 6. The first-order valence-corrected chi connectivity index (χ1v) is 12.4. The van der Waals surface area contributed by atoms with E-state index in [-0.39, 0.29) is 17.1 Å². The van der Waals surface area contributed by atoms with Gasteiger partial charge in [-0.2, -0.15) is 0 Å². The highest BCUT2D eigenvalue weighted by Gasteiger charge is 2.22. The number of thiophene rings is 1. The summed E-state index contributed by atoms with van der Waals surface area (Å²) in [6.07, 6.45) is 4.25. The molecule has 0 amide bonds. The number of aromatic nitrogens is 2. The van der Waals surface area contributed by atoms with Crippen LogP contribution in [0.1, 0.15) is 47.5 Å². The number of benzene rings is 1. The van der Waals surface area contributed by atoms with Crippen LogP contribution in [0.15, 0.2) is 46.4 Å². The number of nitrogens with zero attached hydrogens (tertiary/aromatic N) is 2. The summed E-state index contributed by atoms with van der Waals surface area (Å²) < 4.78 is 7.12. The van der Waals surface area contributed by atoms with Crippen molar-refractivity contribution >= 4 is 39.1 Å². The number of ether oxygens (including phenoxy) is 1. The molecule has 0 fully saturated rings. The number of rotatable bonds is 8. The van der Waals surface area contributed by atoms with Gasteiger partial charge in [-0.05, 0) is 69.4 Å². The molecule has 0 aliphatic heterocycles. The van der Waals surface area contributed by atoms with E-state index in [4.69, 9.17) is 9.72 Å². The van der Waals surface area contributed by atoms with E-state index in [2.05, 4.69) is 6.58 Å². The maximum absolute atomic E-state index is 13.4. The van der Waals surface area contributed by atoms with Crippen molar-refractivity contribution in [3.8, 4) is 5.75 Å². The normalized spacial score (nSPS) is 13.2. The Bertz CT molecular complexity index is 1190. The average molecular weight is 455 g/mol. The Morgan fingerprint density at radius 2 is 2.00 bits per heavy atom. The lowest BCUT2D eigenvalue weighted by atomic mass is 9.97. The van der Waals surface area contributed by atoms with E-state index in [9.17, 15) is 9.59 Å². The van der Waals surface area contributed by atoms with Gasteiger partial charge in [0.05, 0.1) is 17.7 Å². The molecule has 2 heterocycles. The van der Waals surface area contributed by atoms with Crippen molar-refractivity contribution in [1.82, 2.24) is 9.55 Å². The molecule has 1 aliphatic carbocycles. The van der Waals surface area contributed by atoms with Crippen molar-refractivity contribution in [2.75, 3.05) is 12.4 Å². The number of thioether (sulfide) groups is 1. The number of ketones is 1. The molecule has 7 heteroatoms. The minimum absolute atomic E-state index is 0.00487. The zero-order chi connectivity index (χ0) is 22.0. The number of carbonyl (C=O) groups is 1. The third-order valence-corrected chi connectivity index (χ3v) is 7.45. The standard InChI is InChI=1S/C24H26N2O3S2/c1-4-29-17-11-9-16(10-12-17)19(27)14-30-24-25-22-21(23(28)26(24)13-15(2)3)18-7-5-6-8-20(18)31-22/h9-12H,2,4-8,13-14H2,1,3H3. The largest absolute Gasteiger partial charge is 0.494 e. The van der Waals surface area contributed by atoms with Gasteiger partial charge in [0.25, 0.3) is 5.56 Å². The molecule has 0 saturated heterocycles. The van der Waals surface area contributed by atoms with Crippen molar-refractivity contribution in [2.24, 2.45) is 0 Å². The van der Waals surface area contributed by atoms with Gasteiger partial charge in [0.2, 0.25) is 0 Å². The molecule has 3 aromatic rings. The molecule has 0 bridgehead atoms. The molecule has 5 nitrogen and oxygen atoms in total. The lowest BCUT2D eigenvalue weighted by Gasteiger charge is -2.13. The first kappa shape index (κ1) is 21.8. The third kappa shape index (κ3) is 4.62. The number of fused-ring (bicyclic) bond motifs is 3. The molecule has 31 heavy (non-hydrogen) atoms. The molecule has 162 valence electrons. The first-order chi connectivity index (χ1) is 15.0. The summed E-state index contributed by atoms with van der Waals surface area (Å²) >= 11 is 2.95. The Labute approximate surface area is 190 Å². The smallest absolute Gasteiger partial charge is 0.263 e. The summed E-state index contributed by atoms with van der Waals surface area (Å²) in [6, 6.07) is 7.16. The van der Waals surface area contributed by atoms with Crippen LogP contribution >= 0.6 is 23.1 Å². The van der Waals surface area contributed by atoms with Crippen molar-refractivity contribution in [3.63, 3.8) is 0 Å². The van der Waals surface area contributed by atoms with Gasteiger partial charge in [0, 0.05) is 17.0 Å². The highest BCUT2D eigenvalue weighted by Crippen LogP contribution is 2.35. The van der Waals surface area contributed by atoms with Crippen molar-refractivity contribution in [1.29, 1.82) is 0 Å². The van der Waals surface area contributed by atoms with Crippen LogP contribution in [-0.2, 0) is 19.4 Å². The Kier molecular flexibility index (Phi) is 6.62. The van der Waals surface area contributed by atoms with Crippen LogP contribution in [-0.4, -0.2) is 27.7 Å². The summed E-state index contributed by atoms with van der Waals surface area (Å²) in [7, 11) is 0. The Hall–Kier alpha value is -2.38. The number of carbonyl (C=O) groups excluding carboxylic acids is 1. The Balaban J connectivity index is 1.63. The SMILES string of the molecule is C=C(C)Cn1c(SCC(=O)c2ccc(OCC)cc2)nc2sc3c(c2c1=O)CCCC3. The molecular weight excluding hydrogens is 428 g/mol. The minimum atomic E-state index is -0.0107. The van der Waals surface area contributed by atoms with Gasteiger partial charge in [-0.15, -0.1) is 11.3 Å². The highest BCUT2D eigenvalue weighted by atomic mass is 32.2. The molecule has 0 N–H and O–H groups in total. The molecule has 0 spiro atoms. The van der Waals surface area contributed by atoms with Crippen LogP contribution in [0.3, 0.4) is 0 Å². The fourth-order valence-corrected chi connectivity index (χ4v) is 6.05. The average Bonchev–Trinajstić information content (AvgIpc) is 3.13. The molecule has 0 radical (unpaired) electrons. The van der Waals surface area contributed by atoms with E-state index in [0.717, 1.165) is 47.2 Å². The van der Waals surface area contributed by atoms with Crippen LogP contribution in [0.4, 0.5) is 0 Å². The minimum Gasteiger partial charge on any atom is -0.494 e. The van der Waals surface area contributed by atoms with Crippen LogP contribution in [0.2, 0.25) is 0 Å². The quantitative estimate of drug-likeness (QED) is 0.200. The maximum atomic E-state index is 13.4. The second kappa shape index (κ2) is 9.40. The highest BCUT2D eigenvalue weighted by molar-refractivity contribution is 7.99. The fourth-order valence-electron chi connectivity index (χ4n) is 3.86. The molecule has 0 unspecified atom stereocenters. The van der Waals surface area contributed by atoms with Crippen LogP contribution in [0.5, 0.6) is 5.75 Å². The number of allylic oxidation sites excluding steroid dienone is 1. The number of Topliss-reactive ketones (excluding diaryl/α,β-unsaturated/α-hetero) is 1. The Morgan fingerprint density at radius 3 is 2.71 bits per heavy atom. The predicted molar refractivity (Wildman–Crippen MR) is 128 cm³/mol. The van der Waals surface area contributed by atoms with E-state index < -0.39 is 0 Å². The number of aryl methyl sites for hydroxylation is 2. The lowest BCUT2D eigenvalue weighted by Crippen LogP contribution is -2.24. The van der Waals surface area contributed by atoms with E-state index >= 15 is 0 Å². The second-order valence-corrected chi connectivity index (χ2v) is 9.83. The number of hydrogen-bond donors (Lipinski definition) is 0. The topological polar surface area (TPSA) is 61.2 Å². The van der Waals surface area contributed by atoms with Gasteiger partial charge in [0.15, 0.2) is 10.9 Å². The second-order valence-electron chi connectivity index (χ2n) is 7.80. The summed E-state index contributed by atoms with van der Waals surface area (Å²) in [5, 5.41) is 1.35. The lowest BCUT2D eigenvalue weighted by molar-refractivity contribution is 0.102. The van der Waals surface area contributed by atoms with Gasteiger partial charge in [0.1, 0.15) is 10.6 Å². The molecule has 0 saturated carbocycles. The van der Waals surface area contributed by atoms with Crippen LogP contribution in [0, 0.1) is 0 Å². The molecular formula is C24H26N2O3S2. The Morgan fingerprint density at radius 1 is 1.26 bits per heavy atom. The van der Waals surface area contributed by atoms with Gasteiger partial charge in [-0.3, -0.25) is 14.2 Å². The van der Waals surface area contributed by atoms with E-state index in [1.54, 1.807) is 40.2 Å². The summed E-state index contributed by atoms with van der Waals surface area (Å²) in [5.41, 5.74) is 2.68. The maximum Gasteiger partial charge on any atom is 0.263 e. The predicted octanol–water partition coefficient (Wildman–Crippen LogP) is 5.29. The summed E-state index contributed by atoms with van der Waals surface area (Å²) in [6.45, 7) is 8.80. The summed E-state index contributed by atoms with van der Waals surface area (Å²) in [4.78, 5) is 33.1. The van der Waals surface area contributed by atoms with E-state index in [0.29, 0.717) is 23.9 Å². The van der Waals surface area contributed by atoms with Crippen LogP contribution in [0.25, 0.3) is 10.2 Å². The molecule has 1 aliphatic rings. The molecule has 2 aromatic heterocycles. The third-order valence-electron chi connectivity index (χ3n) is 5.29. The first-order valence-electron chi connectivity index (χ1n) is 10.6. The van der Waals surface area contributed by atoms with Crippen molar-refractivity contribution in [3.05, 3.63) is 62.8 Å². The van der Waals surface area contributed by atoms with Crippen molar-refractivity contribution in [2.45, 2.75) is 51.2 Å². The monoisotopic (exact) mass is 454 g/mol. The van der Waals surface area contributed by atoms with Gasteiger partial charge < -0.3 is 4.74 Å². The molecule has 1 aromatic carbocycles. The van der Waals surface area contributed by atoms with Gasteiger partial charge >= 0.3 is 0 Å². The van der Waals surface area contributed by atoms with E-state index in [1.807, 2.05) is 13.8 Å².